The van der Waals surface area contributed by atoms with Crippen molar-refractivity contribution in [1.29, 1.82) is 0 Å². The molecule has 0 heterocycles. The van der Waals surface area contributed by atoms with E-state index >= 15 is 0 Å². The number of sulfone groups is 1. The third-order valence-electron chi connectivity index (χ3n) is 4.30. The summed E-state index contributed by atoms with van der Waals surface area (Å²) in [7, 11) is -5.92. The highest BCUT2D eigenvalue weighted by molar-refractivity contribution is 7.92. The summed E-state index contributed by atoms with van der Waals surface area (Å²) < 4.78 is 62.9. The van der Waals surface area contributed by atoms with Gasteiger partial charge in [0.05, 0.1) is 23.8 Å². The molecule has 0 saturated carbocycles. The number of aliphatic hydroxyl groups is 2. The highest BCUT2D eigenvalue weighted by Gasteiger charge is 2.48. The first-order valence-electron chi connectivity index (χ1n) is 9.01. The maximum absolute atomic E-state index is 13.0. The van der Waals surface area contributed by atoms with Gasteiger partial charge in [0, 0.05) is 30.9 Å². The molecule has 0 aliphatic heterocycles. The zero-order valence-corrected chi connectivity index (χ0v) is 17.5. The molecule has 0 bridgehead atoms. The fourth-order valence-corrected chi connectivity index (χ4v) is 3.62. The van der Waals surface area contributed by atoms with E-state index in [1.807, 2.05) is 0 Å². The van der Waals surface area contributed by atoms with E-state index in [4.69, 9.17) is 10.2 Å². The van der Waals surface area contributed by atoms with Crippen molar-refractivity contribution in [3.63, 3.8) is 0 Å². The molecular weight excluding hydrogens is 457 g/mol. The fraction of sp³-hybridized carbons (Fsp3) is 0.333. The monoisotopic (exact) mass is 476 g/mol. The first-order chi connectivity index (χ1) is 14.9. The Bertz CT molecular complexity index is 1120. The van der Waals surface area contributed by atoms with Crippen molar-refractivity contribution >= 4 is 32.6 Å². The van der Waals surface area contributed by atoms with E-state index in [2.05, 4.69) is 10.2 Å². The topological polar surface area (TPSA) is 146 Å². The van der Waals surface area contributed by atoms with Crippen LogP contribution in [0, 0.1) is 17.0 Å². The molecule has 2 N–H and O–H groups in total. The van der Waals surface area contributed by atoms with Gasteiger partial charge in [0.15, 0.2) is 0 Å². The van der Waals surface area contributed by atoms with E-state index in [9.17, 15) is 31.7 Å². The zero-order valence-electron chi connectivity index (χ0n) is 16.7. The quantitative estimate of drug-likeness (QED) is 0.320. The maximum Gasteiger partial charge on any atom is 0.501 e. The molecule has 0 aliphatic rings. The molecule has 2 rings (SSSR count). The molecule has 0 unspecified atom stereocenters. The Hall–Kier alpha value is -3.10. The molecule has 0 aliphatic carbocycles. The molecule has 32 heavy (non-hydrogen) atoms. The van der Waals surface area contributed by atoms with Gasteiger partial charge < -0.3 is 15.1 Å². The minimum absolute atomic E-state index is 0.156. The maximum atomic E-state index is 13.0. The largest absolute Gasteiger partial charge is 0.501 e. The lowest BCUT2D eigenvalue weighted by atomic mass is 10.1. The number of alkyl halides is 3. The normalized spacial score (nSPS) is 12.3. The third kappa shape index (κ3) is 5.57. The van der Waals surface area contributed by atoms with E-state index < -0.39 is 36.5 Å². The van der Waals surface area contributed by atoms with Gasteiger partial charge in [-0.15, -0.1) is 5.11 Å². The van der Waals surface area contributed by atoms with Crippen molar-refractivity contribution in [3.05, 3.63) is 52.1 Å². The summed E-state index contributed by atoms with van der Waals surface area (Å²) in [5, 5.41) is 36.6. The molecule has 2 aromatic rings. The van der Waals surface area contributed by atoms with Crippen LogP contribution >= 0.6 is 0 Å². The first kappa shape index (κ1) is 25.2. The minimum atomic E-state index is -5.92. The van der Waals surface area contributed by atoms with E-state index in [0.717, 1.165) is 12.1 Å². The highest BCUT2D eigenvalue weighted by atomic mass is 32.2. The summed E-state index contributed by atoms with van der Waals surface area (Å²) in [5.74, 6) is 0. The number of anilines is 1. The van der Waals surface area contributed by atoms with Gasteiger partial charge in [0.1, 0.15) is 10.6 Å². The van der Waals surface area contributed by atoms with Crippen LogP contribution in [0.25, 0.3) is 0 Å². The van der Waals surface area contributed by atoms with E-state index in [1.54, 1.807) is 24.0 Å². The molecular formula is C18H19F3N4O6S. The van der Waals surface area contributed by atoms with Crippen LogP contribution in [0.5, 0.6) is 0 Å². The van der Waals surface area contributed by atoms with Crippen LogP contribution in [-0.4, -0.2) is 55.4 Å². The second-order valence-corrected chi connectivity index (χ2v) is 8.37. The number of benzene rings is 2. The molecule has 10 nitrogen and oxygen atoms in total. The summed E-state index contributed by atoms with van der Waals surface area (Å²) in [4.78, 5) is 10.2. The molecule has 14 heteroatoms. The lowest BCUT2D eigenvalue weighted by Crippen LogP contribution is -2.29. The Balaban J connectivity index is 2.48. The Kier molecular flexibility index (Phi) is 7.87. The van der Waals surface area contributed by atoms with Crippen molar-refractivity contribution < 1.29 is 36.7 Å². The van der Waals surface area contributed by atoms with Gasteiger partial charge in [-0.1, -0.05) is 0 Å². The smallest absolute Gasteiger partial charge is 0.395 e. The van der Waals surface area contributed by atoms with Gasteiger partial charge in [-0.3, -0.25) is 10.1 Å². The Labute approximate surface area is 180 Å². The number of nitrogens with zero attached hydrogens (tertiary/aromatic N) is 4. The summed E-state index contributed by atoms with van der Waals surface area (Å²) in [6.07, 6.45) is 0. The second-order valence-electron chi connectivity index (χ2n) is 6.46. The van der Waals surface area contributed by atoms with Crippen molar-refractivity contribution in [3.8, 4) is 0 Å². The van der Waals surface area contributed by atoms with Crippen LogP contribution in [0.2, 0.25) is 0 Å². The first-order valence-corrected chi connectivity index (χ1v) is 10.5. The SMILES string of the molecule is Cc1cc(N(CCO)CCO)ccc1N=Nc1ccc([N+](=O)[O-])cc1S(=O)(=O)C(F)(F)F. The van der Waals surface area contributed by atoms with Gasteiger partial charge in [0.25, 0.3) is 15.5 Å². The molecule has 0 radical (unpaired) electrons. The lowest BCUT2D eigenvalue weighted by Gasteiger charge is -2.23. The number of hydrogen-bond donors (Lipinski definition) is 2. The number of hydrogen-bond acceptors (Lipinski definition) is 9. The highest BCUT2D eigenvalue weighted by Crippen LogP contribution is 2.38. The van der Waals surface area contributed by atoms with Gasteiger partial charge in [-0.25, -0.2) is 8.42 Å². The molecule has 0 amide bonds. The Morgan fingerprint density at radius 3 is 2.09 bits per heavy atom. The van der Waals surface area contributed by atoms with Gasteiger partial charge >= 0.3 is 5.51 Å². The Morgan fingerprint density at radius 1 is 1.03 bits per heavy atom. The van der Waals surface area contributed by atoms with E-state index in [1.165, 1.54) is 6.07 Å². The predicted octanol–water partition coefficient (Wildman–Crippen LogP) is 3.40. The zero-order chi connectivity index (χ0) is 24.1. The molecule has 0 fully saturated rings. The summed E-state index contributed by atoms with van der Waals surface area (Å²) >= 11 is 0. The van der Waals surface area contributed by atoms with Crippen molar-refractivity contribution in [2.45, 2.75) is 17.3 Å². The summed E-state index contributed by atoms with van der Waals surface area (Å²) in [6, 6.07) is 6.57. The van der Waals surface area contributed by atoms with Crippen LogP contribution in [0.3, 0.4) is 0 Å². The number of aliphatic hydroxyl groups excluding tert-OH is 2. The minimum Gasteiger partial charge on any atom is -0.395 e. The molecule has 174 valence electrons. The van der Waals surface area contributed by atoms with Crippen molar-refractivity contribution in [1.82, 2.24) is 0 Å². The van der Waals surface area contributed by atoms with Gasteiger partial charge in [-0.2, -0.15) is 18.3 Å². The molecule has 0 spiro atoms. The molecule has 0 atom stereocenters. The second kappa shape index (κ2) is 10.0. The van der Waals surface area contributed by atoms with Crippen LogP contribution in [0.1, 0.15) is 5.56 Å². The van der Waals surface area contributed by atoms with Crippen molar-refractivity contribution in [2.24, 2.45) is 10.2 Å². The number of halogens is 3. The molecule has 0 saturated heterocycles. The van der Waals surface area contributed by atoms with Gasteiger partial charge in [-0.05, 0) is 36.8 Å². The van der Waals surface area contributed by atoms with Crippen LogP contribution in [-0.2, 0) is 9.84 Å². The number of rotatable bonds is 9. The summed E-state index contributed by atoms with van der Waals surface area (Å²) in [6.45, 7) is 1.82. The third-order valence-corrected chi connectivity index (χ3v) is 5.81. The molecule has 2 aromatic carbocycles. The number of aryl methyl sites for hydroxylation is 1. The van der Waals surface area contributed by atoms with Gasteiger partial charge in [0.2, 0.25) is 0 Å². The van der Waals surface area contributed by atoms with E-state index in [-0.39, 0.29) is 38.1 Å². The number of nitro benzene ring substituents is 1. The number of azo groups is 1. The van der Waals surface area contributed by atoms with Crippen molar-refractivity contribution in [2.75, 3.05) is 31.2 Å². The average Bonchev–Trinajstić information content (AvgIpc) is 2.71. The lowest BCUT2D eigenvalue weighted by molar-refractivity contribution is -0.385. The summed E-state index contributed by atoms with van der Waals surface area (Å²) in [5.41, 5.74) is -5.88. The van der Waals surface area contributed by atoms with E-state index in [0.29, 0.717) is 11.3 Å². The average molecular weight is 476 g/mol. The van der Waals surface area contributed by atoms with Crippen LogP contribution < -0.4 is 4.90 Å². The Morgan fingerprint density at radius 2 is 1.59 bits per heavy atom. The molecule has 0 aromatic heterocycles. The van der Waals surface area contributed by atoms with Crippen LogP contribution in [0.15, 0.2) is 51.5 Å². The fourth-order valence-electron chi connectivity index (χ4n) is 2.71. The number of nitro groups is 1. The number of non-ortho nitro benzene ring substituents is 1. The predicted molar refractivity (Wildman–Crippen MR) is 108 cm³/mol. The standard InChI is InChI=1S/C18H19F3N4O6S/c1-12-10-13(24(6-8-26)7-9-27)2-4-15(12)22-23-16-5-3-14(25(28)29)11-17(16)32(30,31)18(19,20)21/h2-5,10-11,26-27H,6-9H2,1H3. The van der Waals surface area contributed by atoms with Crippen LogP contribution in [0.4, 0.5) is 35.9 Å².